The van der Waals surface area contributed by atoms with Gasteiger partial charge in [0.2, 0.25) is 5.95 Å². The SMILES string of the molecule is CCNc1ncc(-c2cc(NC[C@@H](C)c3ccc(F)c4c(C(=O)NC)ccnc34)ncn2)cn1. The maximum absolute atomic E-state index is 14.6. The van der Waals surface area contributed by atoms with Crippen LogP contribution >= 0.6 is 0 Å². The summed E-state index contributed by atoms with van der Waals surface area (Å²) >= 11 is 0. The number of halogens is 1. The van der Waals surface area contributed by atoms with Crippen LogP contribution in [-0.2, 0) is 0 Å². The normalized spacial score (nSPS) is 11.8. The van der Waals surface area contributed by atoms with Crippen molar-refractivity contribution < 1.29 is 9.18 Å². The van der Waals surface area contributed by atoms with E-state index in [-0.39, 0.29) is 22.8 Å². The van der Waals surface area contributed by atoms with Crippen LogP contribution in [0.4, 0.5) is 16.2 Å². The molecule has 3 N–H and O–H groups in total. The molecule has 174 valence electrons. The van der Waals surface area contributed by atoms with E-state index in [1.165, 1.54) is 31.7 Å². The lowest BCUT2D eigenvalue weighted by atomic mass is 9.95. The van der Waals surface area contributed by atoms with Gasteiger partial charge >= 0.3 is 0 Å². The Labute approximate surface area is 196 Å². The zero-order valence-corrected chi connectivity index (χ0v) is 19.1. The van der Waals surface area contributed by atoms with E-state index in [1.807, 2.05) is 19.9 Å². The second-order valence-electron chi connectivity index (χ2n) is 7.69. The number of hydrogen-bond donors (Lipinski definition) is 3. The largest absolute Gasteiger partial charge is 0.369 e. The third kappa shape index (κ3) is 4.75. The Hall–Kier alpha value is -4.21. The van der Waals surface area contributed by atoms with Crippen LogP contribution in [-0.4, -0.2) is 51.0 Å². The van der Waals surface area contributed by atoms with Crippen molar-refractivity contribution in [3.05, 3.63) is 66.1 Å². The highest BCUT2D eigenvalue weighted by Crippen LogP contribution is 2.29. The molecular weight excluding hydrogens is 435 g/mol. The van der Waals surface area contributed by atoms with Crippen molar-refractivity contribution >= 4 is 28.6 Å². The molecule has 0 saturated heterocycles. The summed E-state index contributed by atoms with van der Waals surface area (Å²) in [6.45, 7) is 5.24. The average molecular weight is 461 g/mol. The Balaban J connectivity index is 1.54. The van der Waals surface area contributed by atoms with Crippen molar-refractivity contribution in [2.75, 3.05) is 30.8 Å². The van der Waals surface area contributed by atoms with E-state index in [0.29, 0.717) is 29.5 Å². The van der Waals surface area contributed by atoms with Gasteiger partial charge < -0.3 is 16.0 Å². The zero-order valence-electron chi connectivity index (χ0n) is 19.1. The lowest BCUT2D eigenvalue weighted by Gasteiger charge is -2.17. The second-order valence-corrected chi connectivity index (χ2v) is 7.69. The van der Waals surface area contributed by atoms with Crippen LogP contribution in [0.15, 0.2) is 49.2 Å². The summed E-state index contributed by atoms with van der Waals surface area (Å²) in [5.74, 6) is 0.320. The van der Waals surface area contributed by atoms with Crippen LogP contribution in [0.25, 0.3) is 22.2 Å². The Morgan fingerprint density at radius 2 is 1.85 bits per heavy atom. The summed E-state index contributed by atoms with van der Waals surface area (Å²) in [7, 11) is 1.52. The quantitative estimate of drug-likeness (QED) is 0.365. The third-order valence-electron chi connectivity index (χ3n) is 5.41. The number of nitrogens with zero attached hydrogens (tertiary/aromatic N) is 5. The highest BCUT2D eigenvalue weighted by atomic mass is 19.1. The molecule has 0 aliphatic rings. The zero-order chi connectivity index (χ0) is 24.1. The van der Waals surface area contributed by atoms with Crippen molar-refractivity contribution in [1.82, 2.24) is 30.2 Å². The van der Waals surface area contributed by atoms with Gasteiger partial charge in [-0.3, -0.25) is 9.78 Å². The molecule has 0 saturated carbocycles. The van der Waals surface area contributed by atoms with Gasteiger partial charge in [-0.15, -0.1) is 0 Å². The number of hydrogen-bond acceptors (Lipinski definition) is 8. The molecule has 0 bridgehead atoms. The minimum Gasteiger partial charge on any atom is -0.369 e. The highest BCUT2D eigenvalue weighted by molar-refractivity contribution is 6.06. The molecule has 1 atom stereocenters. The van der Waals surface area contributed by atoms with E-state index in [1.54, 1.807) is 18.5 Å². The number of rotatable bonds is 8. The number of fused-ring (bicyclic) bond motifs is 1. The fraction of sp³-hybridized carbons (Fsp3) is 0.250. The minimum absolute atomic E-state index is 0.0447. The van der Waals surface area contributed by atoms with Gasteiger partial charge in [0, 0.05) is 61.7 Å². The van der Waals surface area contributed by atoms with Gasteiger partial charge in [0.25, 0.3) is 5.91 Å². The van der Waals surface area contributed by atoms with E-state index in [4.69, 9.17) is 0 Å². The molecule has 1 aromatic carbocycles. The molecule has 0 fully saturated rings. The standard InChI is InChI=1S/C24H25FN8O/c1-4-27-24-30-11-15(12-31-24)19-9-20(33-13-32-19)29-10-14(2)16-5-6-18(25)21-17(23(34)26-3)7-8-28-22(16)21/h5-9,11-14H,4,10H2,1-3H3,(H,26,34)(H,27,30,31)(H,29,32,33)/t14-/m1/s1. The Morgan fingerprint density at radius 1 is 1.06 bits per heavy atom. The predicted molar refractivity (Wildman–Crippen MR) is 129 cm³/mol. The van der Waals surface area contributed by atoms with Crippen LogP contribution in [0.3, 0.4) is 0 Å². The van der Waals surface area contributed by atoms with Gasteiger partial charge in [-0.05, 0) is 24.6 Å². The fourth-order valence-corrected chi connectivity index (χ4v) is 3.66. The number of carbonyl (C=O) groups excluding carboxylic acids is 1. The van der Waals surface area contributed by atoms with Gasteiger partial charge in [0.1, 0.15) is 18.0 Å². The number of aromatic nitrogens is 5. The van der Waals surface area contributed by atoms with E-state index in [2.05, 4.69) is 40.9 Å². The molecule has 4 rings (SSSR count). The van der Waals surface area contributed by atoms with Crippen LogP contribution in [0.2, 0.25) is 0 Å². The smallest absolute Gasteiger partial charge is 0.251 e. The maximum Gasteiger partial charge on any atom is 0.251 e. The summed E-state index contributed by atoms with van der Waals surface area (Å²) in [5.41, 5.74) is 3.02. The first-order valence-corrected chi connectivity index (χ1v) is 10.9. The maximum atomic E-state index is 14.6. The molecule has 34 heavy (non-hydrogen) atoms. The summed E-state index contributed by atoms with van der Waals surface area (Å²) in [6.07, 6.45) is 6.42. The number of benzene rings is 1. The van der Waals surface area contributed by atoms with E-state index in [9.17, 15) is 9.18 Å². The molecule has 3 aromatic heterocycles. The fourth-order valence-electron chi connectivity index (χ4n) is 3.66. The van der Waals surface area contributed by atoms with Gasteiger partial charge in [0.15, 0.2) is 0 Å². The summed E-state index contributed by atoms with van der Waals surface area (Å²) in [4.78, 5) is 33.8. The molecule has 9 nitrogen and oxygen atoms in total. The highest BCUT2D eigenvalue weighted by Gasteiger charge is 2.18. The number of nitrogens with one attached hydrogen (secondary N) is 3. The van der Waals surface area contributed by atoms with Crippen molar-refractivity contribution in [3.8, 4) is 11.3 Å². The monoisotopic (exact) mass is 460 g/mol. The Morgan fingerprint density at radius 3 is 2.59 bits per heavy atom. The lowest BCUT2D eigenvalue weighted by Crippen LogP contribution is -2.19. The number of carbonyl (C=O) groups is 1. The summed E-state index contributed by atoms with van der Waals surface area (Å²) in [6, 6.07) is 6.43. The van der Waals surface area contributed by atoms with Crippen LogP contribution in [0, 0.1) is 5.82 Å². The molecule has 0 unspecified atom stereocenters. The topological polar surface area (TPSA) is 118 Å². The molecule has 1 amide bonds. The van der Waals surface area contributed by atoms with Crippen molar-refractivity contribution in [2.24, 2.45) is 0 Å². The molecular formula is C24H25FN8O. The molecule has 4 aromatic rings. The van der Waals surface area contributed by atoms with Crippen molar-refractivity contribution in [1.29, 1.82) is 0 Å². The van der Waals surface area contributed by atoms with E-state index in [0.717, 1.165) is 17.7 Å². The molecule has 0 aliphatic carbocycles. The van der Waals surface area contributed by atoms with Gasteiger partial charge in [-0.2, -0.15) is 0 Å². The van der Waals surface area contributed by atoms with Gasteiger partial charge in [-0.25, -0.2) is 24.3 Å². The first-order chi connectivity index (χ1) is 16.5. The van der Waals surface area contributed by atoms with E-state index >= 15 is 0 Å². The van der Waals surface area contributed by atoms with Crippen LogP contribution in [0.1, 0.15) is 35.7 Å². The predicted octanol–water partition coefficient (Wildman–Crippen LogP) is 3.63. The lowest BCUT2D eigenvalue weighted by molar-refractivity contribution is 0.0964. The third-order valence-corrected chi connectivity index (χ3v) is 5.41. The molecule has 0 spiro atoms. The van der Waals surface area contributed by atoms with E-state index < -0.39 is 5.82 Å². The molecule has 0 aliphatic heterocycles. The van der Waals surface area contributed by atoms with Crippen LogP contribution < -0.4 is 16.0 Å². The number of amides is 1. The number of anilines is 2. The number of pyridine rings is 1. The Bertz CT molecular complexity index is 1310. The van der Waals surface area contributed by atoms with Crippen molar-refractivity contribution in [2.45, 2.75) is 19.8 Å². The molecule has 10 heteroatoms. The van der Waals surface area contributed by atoms with Crippen LogP contribution in [0.5, 0.6) is 0 Å². The summed E-state index contributed by atoms with van der Waals surface area (Å²) < 4.78 is 14.6. The molecule has 3 heterocycles. The van der Waals surface area contributed by atoms with Crippen molar-refractivity contribution in [3.63, 3.8) is 0 Å². The second kappa shape index (κ2) is 10.2. The van der Waals surface area contributed by atoms with Gasteiger partial charge in [0.05, 0.1) is 16.8 Å². The first-order valence-electron chi connectivity index (χ1n) is 10.9. The summed E-state index contributed by atoms with van der Waals surface area (Å²) in [5, 5.41) is 9.14. The first kappa shape index (κ1) is 23.0. The Kier molecular flexibility index (Phi) is 6.86. The van der Waals surface area contributed by atoms with Gasteiger partial charge in [-0.1, -0.05) is 13.0 Å². The minimum atomic E-state index is -0.478. The molecule has 0 radical (unpaired) electrons. The average Bonchev–Trinajstić information content (AvgIpc) is 2.87.